The normalized spacial score (nSPS) is 16.8. The number of ether oxygens (including phenoxy) is 1. The first-order chi connectivity index (χ1) is 9.65. The van der Waals surface area contributed by atoms with Crippen LogP contribution in [0.2, 0.25) is 0 Å². The molecular weight excluding hydrogens is 257 g/mol. The number of hydrogen-bond donors (Lipinski definition) is 1. The molecule has 4 heteroatoms. The zero-order chi connectivity index (χ0) is 14.1. The summed E-state index contributed by atoms with van der Waals surface area (Å²) in [6.07, 6.45) is -0.634. The maximum absolute atomic E-state index is 13.3. The Morgan fingerprint density at radius 3 is 2.95 bits per heavy atom. The minimum absolute atomic E-state index is 0.205. The Kier molecular flexibility index (Phi) is 3.14. The Hall–Kier alpha value is -2.36. The first-order valence-corrected chi connectivity index (χ1v) is 6.45. The van der Waals surface area contributed by atoms with Crippen LogP contribution in [0, 0.1) is 12.7 Å². The number of carbonyl (C=O) groups excluding carboxylic acids is 1. The van der Waals surface area contributed by atoms with E-state index in [-0.39, 0.29) is 5.78 Å². The Bertz CT molecular complexity index is 669. The monoisotopic (exact) mass is 271 g/mol. The molecule has 0 aliphatic carbocycles. The molecule has 2 aromatic rings. The number of nitrogens with one attached hydrogen (secondary N) is 1. The first kappa shape index (κ1) is 12.7. The van der Waals surface area contributed by atoms with Gasteiger partial charge in [-0.1, -0.05) is 18.2 Å². The van der Waals surface area contributed by atoms with Crippen molar-refractivity contribution in [1.82, 2.24) is 0 Å². The van der Waals surface area contributed by atoms with Crippen molar-refractivity contribution in [3.63, 3.8) is 0 Å². The van der Waals surface area contributed by atoms with E-state index in [2.05, 4.69) is 5.32 Å². The third-order valence-corrected chi connectivity index (χ3v) is 3.39. The number of anilines is 1. The SMILES string of the molecule is Cc1ccc(F)cc1C(=O)C1CNc2ccccc2O1. The van der Waals surface area contributed by atoms with Crippen molar-refractivity contribution in [3.05, 3.63) is 59.4 Å². The quantitative estimate of drug-likeness (QED) is 0.852. The Morgan fingerprint density at radius 2 is 2.10 bits per heavy atom. The van der Waals surface area contributed by atoms with E-state index in [0.29, 0.717) is 17.9 Å². The largest absolute Gasteiger partial charge is 0.478 e. The molecule has 1 aliphatic heterocycles. The van der Waals surface area contributed by atoms with Crippen LogP contribution in [0.15, 0.2) is 42.5 Å². The van der Waals surface area contributed by atoms with Crippen LogP contribution in [-0.4, -0.2) is 18.4 Å². The van der Waals surface area contributed by atoms with E-state index < -0.39 is 11.9 Å². The summed E-state index contributed by atoms with van der Waals surface area (Å²) < 4.78 is 19.0. The Balaban J connectivity index is 1.88. The lowest BCUT2D eigenvalue weighted by Gasteiger charge is -2.26. The van der Waals surface area contributed by atoms with E-state index in [4.69, 9.17) is 4.74 Å². The number of carbonyl (C=O) groups is 1. The number of rotatable bonds is 2. The van der Waals surface area contributed by atoms with E-state index >= 15 is 0 Å². The second kappa shape index (κ2) is 4.96. The van der Waals surface area contributed by atoms with E-state index in [0.717, 1.165) is 11.3 Å². The molecule has 1 N–H and O–H groups in total. The van der Waals surface area contributed by atoms with Gasteiger partial charge < -0.3 is 10.1 Å². The van der Waals surface area contributed by atoms with Crippen LogP contribution in [0.3, 0.4) is 0 Å². The summed E-state index contributed by atoms with van der Waals surface area (Å²) in [4.78, 5) is 12.5. The Morgan fingerprint density at radius 1 is 1.30 bits per heavy atom. The zero-order valence-corrected chi connectivity index (χ0v) is 11.0. The number of fused-ring (bicyclic) bond motifs is 1. The van der Waals surface area contributed by atoms with Gasteiger partial charge in [-0.3, -0.25) is 4.79 Å². The average molecular weight is 271 g/mol. The van der Waals surface area contributed by atoms with Gasteiger partial charge in [0.2, 0.25) is 5.78 Å². The average Bonchev–Trinajstić information content (AvgIpc) is 2.48. The van der Waals surface area contributed by atoms with Gasteiger partial charge in [-0.05, 0) is 36.8 Å². The lowest BCUT2D eigenvalue weighted by molar-refractivity contribution is 0.0800. The van der Waals surface area contributed by atoms with Crippen LogP contribution in [-0.2, 0) is 0 Å². The van der Waals surface area contributed by atoms with Crippen molar-refractivity contribution in [3.8, 4) is 5.75 Å². The smallest absolute Gasteiger partial charge is 0.205 e. The molecule has 3 nitrogen and oxygen atoms in total. The standard InChI is InChI=1S/C16H14FNO2/c1-10-6-7-11(17)8-12(10)16(19)15-9-18-13-4-2-3-5-14(13)20-15/h2-8,15,18H,9H2,1H3. The number of hydrogen-bond acceptors (Lipinski definition) is 3. The second-order valence-corrected chi connectivity index (χ2v) is 4.81. The molecule has 1 unspecified atom stereocenters. The molecular formula is C16H14FNO2. The summed E-state index contributed by atoms with van der Waals surface area (Å²) in [7, 11) is 0. The third kappa shape index (κ3) is 2.25. The van der Waals surface area contributed by atoms with Gasteiger partial charge in [0.15, 0.2) is 6.10 Å². The highest BCUT2D eigenvalue weighted by atomic mass is 19.1. The topological polar surface area (TPSA) is 38.3 Å². The number of halogens is 1. The van der Waals surface area contributed by atoms with Gasteiger partial charge in [0.05, 0.1) is 12.2 Å². The molecule has 3 rings (SSSR count). The molecule has 20 heavy (non-hydrogen) atoms. The molecule has 1 heterocycles. The highest BCUT2D eigenvalue weighted by molar-refractivity contribution is 6.01. The lowest BCUT2D eigenvalue weighted by atomic mass is 10.00. The van der Waals surface area contributed by atoms with Crippen LogP contribution in [0.1, 0.15) is 15.9 Å². The maximum Gasteiger partial charge on any atom is 0.205 e. The van der Waals surface area contributed by atoms with Gasteiger partial charge in [0.1, 0.15) is 11.6 Å². The predicted octanol–water partition coefficient (Wildman–Crippen LogP) is 3.19. The highest BCUT2D eigenvalue weighted by Gasteiger charge is 2.27. The number of para-hydroxylation sites is 2. The second-order valence-electron chi connectivity index (χ2n) is 4.81. The number of ketones is 1. The molecule has 1 atom stereocenters. The van der Waals surface area contributed by atoms with Gasteiger partial charge in [0, 0.05) is 5.56 Å². The number of benzene rings is 2. The van der Waals surface area contributed by atoms with Crippen LogP contribution < -0.4 is 10.1 Å². The van der Waals surface area contributed by atoms with Crippen molar-refractivity contribution in [2.24, 2.45) is 0 Å². The molecule has 1 aliphatic rings. The van der Waals surface area contributed by atoms with E-state index in [9.17, 15) is 9.18 Å². The predicted molar refractivity (Wildman–Crippen MR) is 74.8 cm³/mol. The van der Waals surface area contributed by atoms with Gasteiger partial charge in [-0.25, -0.2) is 4.39 Å². The Labute approximate surface area is 116 Å². The fourth-order valence-electron chi connectivity index (χ4n) is 2.29. The number of aryl methyl sites for hydroxylation is 1. The van der Waals surface area contributed by atoms with Gasteiger partial charge in [-0.2, -0.15) is 0 Å². The van der Waals surface area contributed by atoms with Crippen molar-refractivity contribution in [2.75, 3.05) is 11.9 Å². The van der Waals surface area contributed by atoms with Crippen molar-refractivity contribution in [2.45, 2.75) is 13.0 Å². The molecule has 0 aromatic heterocycles. The summed E-state index contributed by atoms with van der Waals surface area (Å²) in [6, 6.07) is 11.7. The molecule has 0 saturated carbocycles. The summed E-state index contributed by atoms with van der Waals surface area (Å²) in [5.74, 6) is 0.0262. The molecule has 0 saturated heterocycles. The minimum Gasteiger partial charge on any atom is -0.478 e. The molecule has 102 valence electrons. The molecule has 0 amide bonds. The summed E-state index contributed by atoms with van der Waals surface area (Å²) in [5.41, 5.74) is 1.99. The summed E-state index contributed by atoms with van der Waals surface area (Å²) in [5, 5.41) is 3.16. The number of Topliss-reactive ketones (excluding diaryl/α,β-unsaturated/α-hetero) is 1. The first-order valence-electron chi connectivity index (χ1n) is 6.45. The summed E-state index contributed by atoms with van der Waals surface area (Å²) in [6.45, 7) is 2.17. The third-order valence-electron chi connectivity index (χ3n) is 3.39. The molecule has 0 radical (unpaired) electrons. The van der Waals surface area contributed by atoms with Crippen molar-refractivity contribution in [1.29, 1.82) is 0 Å². The molecule has 0 fully saturated rings. The van der Waals surface area contributed by atoms with Crippen LogP contribution in [0.4, 0.5) is 10.1 Å². The van der Waals surface area contributed by atoms with Crippen LogP contribution in [0.25, 0.3) is 0 Å². The fourth-order valence-corrected chi connectivity index (χ4v) is 2.29. The highest BCUT2D eigenvalue weighted by Crippen LogP contribution is 2.29. The van der Waals surface area contributed by atoms with Crippen molar-refractivity contribution < 1.29 is 13.9 Å². The maximum atomic E-state index is 13.3. The van der Waals surface area contributed by atoms with E-state index in [1.165, 1.54) is 12.1 Å². The lowest BCUT2D eigenvalue weighted by Crippen LogP contribution is -2.38. The van der Waals surface area contributed by atoms with Gasteiger partial charge >= 0.3 is 0 Å². The zero-order valence-electron chi connectivity index (χ0n) is 11.0. The molecule has 0 spiro atoms. The minimum atomic E-state index is -0.634. The van der Waals surface area contributed by atoms with E-state index in [1.54, 1.807) is 19.1 Å². The van der Waals surface area contributed by atoms with Gasteiger partial charge in [0.25, 0.3) is 0 Å². The van der Waals surface area contributed by atoms with Gasteiger partial charge in [-0.15, -0.1) is 0 Å². The van der Waals surface area contributed by atoms with E-state index in [1.807, 2.05) is 18.2 Å². The molecule has 0 bridgehead atoms. The van der Waals surface area contributed by atoms with Crippen molar-refractivity contribution >= 4 is 11.5 Å². The molecule has 2 aromatic carbocycles. The summed E-state index contributed by atoms with van der Waals surface area (Å²) >= 11 is 0. The van der Waals surface area contributed by atoms with Crippen LogP contribution >= 0.6 is 0 Å². The van der Waals surface area contributed by atoms with Crippen LogP contribution in [0.5, 0.6) is 5.75 Å². The fraction of sp³-hybridized carbons (Fsp3) is 0.188.